The van der Waals surface area contributed by atoms with Crippen LogP contribution in [0.25, 0.3) is 0 Å². The van der Waals surface area contributed by atoms with Gasteiger partial charge in [0.2, 0.25) is 5.91 Å². The summed E-state index contributed by atoms with van der Waals surface area (Å²) in [6.45, 7) is 9.68. The number of nitrogens with two attached hydrogens (primary N) is 1. The number of carbonyl (C=O) groups excluding carboxylic acids is 1. The Hall–Kier alpha value is -2.19. The van der Waals surface area contributed by atoms with Gasteiger partial charge in [0.1, 0.15) is 5.82 Å². The summed E-state index contributed by atoms with van der Waals surface area (Å²) in [4.78, 5) is 16.0. The Bertz CT molecular complexity index is 836. The number of aromatic nitrogens is 3. The standard InChI is InChI=1S/C20H30N6OS/c1-16(2)14-25-19(9-8-18(21)27)22-26(20(25)28)15-23-10-12-24(13-11-23)17-6-4-3-5-7-17/h3-7,16H,8-15H2,1-2H3,(H2,21,27). The van der Waals surface area contributed by atoms with Crippen LogP contribution in [-0.4, -0.2) is 51.3 Å². The molecule has 0 aliphatic carbocycles. The molecule has 1 aliphatic rings. The minimum Gasteiger partial charge on any atom is -0.370 e. The molecule has 3 rings (SSSR count). The Kier molecular flexibility index (Phi) is 6.85. The number of amides is 1. The Labute approximate surface area is 171 Å². The molecular formula is C20H30N6OS. The molecule has 1 saturated heterocycles. The minimum absolute atomic E-state index is 0.291. The highest BCUT2D eigenvalue weighted by atomic mass is 32.1. The van der Waals surface area contributed by atoms with Crippen LogP contribution in [0.2, 0.25) is 0 Å². The van der Waals surface area contributed by atoms with Gasteiger partial charge in [-0.3, -0.25) is 9.69 Å². The number of anilines is 1. The summed E-state index contributed by atoms with van der Waals surface area (Å²) in [5.74, 6) is 0.986. The molecule has 1 aliphatic heterocycles. The van der Waals surface area contributed by atoms with Gasteiger partial charge in [-0.05, 0) is 30.3 Å². The third kappa shape index (κ3) is 5.20. The van der Waals surface area contributed by atoms with Crippen molar-refractivity contribution in [1.29, 1.82) is 0 Å². The molecule has 1 fully saturated rings. The van der Waals surface area contributed by atoms with E-state index in [1.165, 1.54) is 5.69 Å². The number of hydrogen-bond acceptors (Lipinski definition) is 5. The van der Waals surface area contributed by atoms with E-state index < -0.39 is 0 Å². The predicted molar refractivity (Wildman–Crippen MR) is 114 cm³/mol. The fourth-order valence-corrected chi connectivity index (χ4v) is 3.80. The molecule has 0 saturated carbocycles. The molecule has 1 aromatic heterocycles. The molecule has 1 amide bonds. The molecule has 0 radical (unpaired) electrons. The van der Waals surface area contributed by atoms with Crippen molar-refractivity contribution in [3.05, 3.63) is 40.9 Å². The van der Waals surface area contributed by atoms with Crippen LogP contribution < -0.4 is 10.6 Å². The van der Waals surface area contributed by atoms with Gasteiger partial charge in [-0.25, -0.2) is 4.68 Å². The van der Waals surface area contributed by atoms with Crippen LogP contribution >= 0.6 is 12.2 Å². The molecule has 2 N–H and O–H groups in total. The van der Waals surface area contributed by atoms with Crippen molar-refractivity contribution in [1.82, 2.24) is 19.2 Å². The van der Waals surface area contributed by atoms with Crippen LogP contribution in [0.1, 0.15) is 26.1 Å². The Morgan fingerprint density at radius 2 is 1.86 bits per heavy atom. The molecule has 28 heavy (non-hydrogen) atoms. The normalized spacial score (nSPS) is 15.3. The number of para-hydroxylation sites is 1. The van der Waals surface area contributed by atoms with Crippen LogP contribution in [0.4, 0.5) is 5.69 Å². The van der Waals surface area contributed by atoms with Crippen molar-refractivity contribution in [3.8, 4) is 0 Å². The number of hydrogen-bond donors (Lipinski definition) is 1. The molecule has 0 atom stereocenters. The second-order valence-corrected chi connectivity index (χ2v) is 8.12. The van der Waals surface area contributed by atoms with Crippen molar-refractivity contribution in [3.63, 3.8) is 0 Å². The maximum atomic E-state index is 11.2. The van der Waals surface area contributed by atoms with Gasteiger partial charge in [0.15, 0.2) is 4.77 Å². The average molecular weight is 403 g/mol. The third-order valence-electron chi connectivity index (χ3n) is 4.97. The number of primary amides is 1. The van der Waals surface area contributed by atoms with Crippen LogP contribution in [0.15, 0.2) is 30.3 Å². The van der Waals surface area contributed by atoms with E-state index in [9.17, 15) is 4.79 Å². The SMILES string of the molecule is CC(C)Cn1c(CCC(N)=O)nn(CN2CCN(c3ccccc3)CC2)c1=S. The average Bonchev–Trinajstić information content (AvgIpc) is 2.96. The first-order valence-electron chi connectivity index (χ1n) is 9.91. The number of aryl methyl sites for hydroxylation is 1. The molecule has 0 spiro atoms. The minimum atomic E-state index is -0.311. The van der Waals surface area contributed by atoms with Crippen LogP contribution in [0.3, 0.4) is 0 Å². The predicted octanol–water partition coefficient (Wildman–Crippen LogP) is 2.27. The monoisotopic (exact) mass is 402 g/mol. The topological polar surface area (TPSA) is 72.3 Å². The van der Waals surface area contributed by atoms with Crippen molar-refractivity contribution in [2.75, 3.05) is 31.1 Å². The van der Waals surface area contributed by atoms with E-state index in [1.807, 2.05) is 10.7 Å². The van der Waals surface area contributed by atoms with Gasteiger partial charge in [0.25, 0.3) is 0 Å². The summed E-state index contributed by atoms with van der Waals surface area (Å²) >= 11 is 5.69. The van der Waals surface area contributed by atoms with Gasteiger partial charge in [-0.1, -0.05) is 32.0 Å². The van der Waals surface area contributed by atoms with Crippen molar-refractivity contribution < 1.29 is 4.79 Å². The zero-order valence-electron chi connectivity index (χ0n) is 16.8. The van der Waals surface area contributed by atoms with Gasteiger partial charge in [0.05, 0.1) is 6.67 Å². The van der Waals surface area contributed by atoms with Crippen LogP contribution in [0.5, 0.6) is 0 Å². The first-order valence-corrected chi connectivity index (χ1v) is 10.3. The summed E-state index contributed by atoms with van der Waals surface area (Å²) < 4.78 is 4.67. The van der Waals surface area contributed by atoms with Gasteiger partial charge in [-0.15, -0.1) is 0 Å². The van der Waals surface area contributed by atoms with E-state index in [0.717, 1.165) is 43.3 Å². The lowest BCUT2D eigenvalue weighted by molar-refractivity contribution is -0.118. The number of nitrogens with zero attached hydrogens (tertiary/aromatic N) is 5. The van der Waals surface area contributed by atoms with Gasteiger partial charge >= 0.3 is 0 Å². The highest BCUT2D eigenvalue weighted by molar-refractivity contribution is 7.71. The summed E-state index contributed by atoms with van der Waals surface area (Å²) in [5, 5.41) is 4.72. The number of benzene rings is 1. The lowest BCUT2D eigenvalue weighted by Crippen LogP contribution is -2.47. The molecule has 0 bridgehead atoms. The maximum absolute atomic E-state index is 11.2. The quantitative estimate of drug-likeness (QED) is 0.686. The first-order chi connectivity index (χ1) is 13.4. The largest absolute Gasteiger partial charge is 0.370 e. The van der Waals surface area contributed by atoms with Crippen molar-refractivity contribution in [2.24, 2.45) is 11.7 Å². The molecule has 2 heterocycles. The Morgan fingerprint density at radius 3 is 2.46 bits per heavy atom. The second kappa shape index (κ2) is 9.34. The lowest BCUT2D eigenvalue weighted by Gasteiger charge is -2.35. The fourth-order valence-electron chi connectivity index (χ4n) is 3.52. The van der Waals surface area contributed by atoms with Crippen LogP contribution in [-0.2, 0) is 24.4 Å². The van der Waals surface area contributed by atoms with E-state index in [-0.39, 0.29) is 5.91 Å². The molecule has 7 nitrogen and oxygen atoms in total. The van der Waals surface area contributed by atoms with Crippen LogP contribution in [0, 0.1) is 10.7 Å². The number of piperazine rings is 1. The fraction of sp³-hybridized carbons (Fsp3) is 0.550. The molecule has 1 aromatic carbocycles. The lowest BCUT2D eigenvalue weighted by atomic mass is 10.2. The van der Waals surface area contributed by atoms with Gasteiger partial charge in [0, 0.05) is 51.3 Å². The van der Waals surface area contributed by atoms with E-state index >= 15 is 0 Å². The van der Waals surface area contributed by atoms with Gasteiger partial charge < -0.3 is 15.2 Å². The van der Waals surface area contributed by atoms with Crippen molar-refractivity contribution in [2.45, 2.75) is 39.9 Å². The van der Waals surface area contributed by atoms with E-state index in [0.29, 0.717) is 25.4 Å². The summed E-state index contributed by atoms with van der Waals surface area (Å²) in [6, 6.07) is 10.5. The Morgan fingerprint density at radius 1 is 1.18 bits per heavy atom. The molecule has 2 aromatic rings. The summed E-state index contributed by atoms with van der Waals surface area (Å²) in [5.41, 5.74) is 6.60. The highest BCUT2D eigenvalue weighted by Crippen LogP contribution is 2.16. The van der Waals surface area contributed by atoms with E-state index in [4.69, 9.17) is 23.1 Å². The van der Waals surface area contributed by atoms with E-state index in [2.05, 4.69) is 52.5 Å². The highest BCUT2D eigenvalue weighted by Gasteiger charge is 2.19. The number of carbonyl (C=O) groups is 1. The molecular weight excluding hydrogens is 372 g/mol. The molecule has 8 heteroatoms. The maximum Gasteiger partial charge on any atom is 0.217 e. The zero-order chi connectivity index (χ0) is 20.1. The zero-order valence-corrected chi connectivity index (χ0v) is 17.6. The number of rotatable bonds is 8. The molecule has 152 valence electrons. The Balaban J connectivity index is 1.67. The third-order valence-corrected chi connectivity index (χ3v) is 5.40. The second-order valence-electron chi connectivity index (χ2n) is 7.75. The summed E-state index contributed by atoms with van der Waals surface area (Å²) in [7, 11) is 0. The van der Waals surface area contributed by atoms with E-state index in [1.54, 1.807) is 0 Å². The smallest absolute Gasteiger partial charge is 0.217 e. The van der Waals surface area contributed by atoms with Gasteiger partial charge in [-0.2, -0.15) is 5.10 Å². The first kappa shape index (κ1) is 20.5. The molecule has 0 unspecified atom stereocenters. The van der Waals surface area contributed by atoms with Crippen molar-refractivity contribution >= 4 is 23.8 Å². The summed E-state index contributed by atoms with van der Waals surface area (Å²) in [6.07, 6.45) is 0.820.